The standard InChI is InChI=1S/C18H11Cl2N7/c1-10-5-15(24-9-23-10)25-18-12-8-27(17-13(19)3-2-4-14(17)20)26-16(12)11(6-21)7-22-18/h2-5,7-9H,1H3,(H,22,23,24,25). The quantitative estimate of drug-likeness (QED) is 0.550. The van der Waals surface area contributed by atoms with Crippen LogP contribution in [0.3, 0.4) is 0 Å². The van der Waals surface area contributed by atoms with Crippen molar-refractivity contribution < 1.29 is 0 Å². The SMILES string of the molecule is Cc1cc(Nc2ncc(C#N)c3nn(-c4c(Cl)cccc4Cl)cc23)ncn1. The average Bonchev–Trinajstić information content (AvgIpc) is 3.07. The highest BCUT2D eigenvalue weighted by molar-refractivity contribution is 6.37. The maximum absolute atomic E-state index is 9.41. The van der Waals surface area contributed by atoms with Gasteiger partial charge in [0.15, 0.2) is 0 Å². The summed E-state index contributed by atoms with van der Waals surface area (Å²) in [6.07, 6.45) is 4.66. The van der Waals surface area contributed by atoms with Crippen molar-refractivity contribution in [3.63, 3.8) is 0 Å². The van der Waals surface area contributed by atoms with Crippen molar-refractivity contribution in [2.24, 2.45) is 0 Å². The minimum atomic E-state index is 0.344. The molecule has 0 radical (unpaired) electrons. The molecule has 1 aromatic carbocycles. The summed E-state index contributed by atoms with van der Waals surface area (Å²) in [6.45, 7) is 1.87. The molecule has 0 saturated heterocycles. The van der Waals surface area contributed by atoms with E-state index in [9.17, 15) is 5.26 Å². The van der Waals surface area contributed by atoms with Crippen LogP contribution >= 0.6 is 23.2 Å². The van der Waals surface area contributed by atoms with Gasteiger partial charge < -0.3 is 5.32 Å². The third-order valence-electron chi connectivity index (χ3n) is 3.88. The van der Waals surface area contributed by atoms with Gasteiger partial charge in [0.25, 0.3) is 0 Å². The number of pyridine rings is 1. The summed E-state index contributed by atoms with van der Waals surface area (Å²) in [5.41, 5.74) is 2.17. The van der Waals surface area contributed by atoms with Crippen LogP contribution < -0.4 is 5.32 Å². The fourth-order valence-electron chi connectivity index (χ4n) is 2.65. The van der Waals surface area contributed by atoms with Crippen LogP contribution in [0.25, 0.3) is 16.6 Å². The second-order valence-corrected chi connectivity index (χ2v) is 6.52. The zero-order chi connectivity index (χ0) is 19.0. The number of hydrogen-bond donors (Lipinski definition) is 1. The zero-order valence-electron chi connectivity index (χ0n) is 14.0. The van der Waals surface area contributed by atoms with Gasteiger partial charge in [0.1, 0.15) is 35.2 Å². The predicted octanol–water partition coefficient (Wildman–Crippen LogP) is 4.44. The number of hydrogen-bond acceptors (Lipinski definition) is 6. The molecule has 4 rings (SSSR count). The van der Waals surface area contributed by atoms with Gasteiger partial charge in [-0.15, -0.1) is 0 Å². The van der Waals surface area contributed by atoms with E-state index in [0.717, 1.165) is 5.69 Å². The molecule has 0 bridgehead atoms. The summed E-state index contributed by atoms with van der Waals surface area (Å²) >= 11 is 12.6. The Labute approximate surface area is 164 Å². The lowest BCUT2D eigenvalue weighted by molar-refractivity contribution is 0.896. The number of benzene rings is 1. The summed E-state index contributed by atoms with van der Waals surface area (Å²) in [5, 5.41) is 18.6. The molecule has 0 aliphatic rings. The van der Waals surface area contributed by atoms with Gasteiger partial charge >= 0.3 is 0 Å². The van der Waals surface area contributed by atoms with Gasteiger partial charge in [-0.05, 0) is 19.1 Å². The molecule has 0 spiro atoms. The maximum atomic E-state index is 9.41. The Kier molecular flexibility index (Phi) is 4.36. The van der Waals surface area contributed by atoms with Crippen LogP contribution in [0.15, 0.2) is 43.0 Å². The molecule has 0 atom stereocenters. The first-order chi connectivity index (χ1) is 13.1. The summed E-state index contributed by atoms with van der Waals surface area (Å²) in [4.78, 5) is 12.6. The Balaban J connectivity index is 1.90. The molecule has 132 valence electrons. The van der Waals surface area contributed by atoms with Gasteiger partial charge in [-0.2, -0.15) is 10.4 Å². The summed E-state index contributed by atoms with van der Waals surface area (Å²) in [7, 11) is 0. The number of para-hydroxylation sites is 1. The Morgan fingerprint density at radius 2 is 1.93 bits per heavy atom. The van der Waals surface area contributed by atoms with Crippen molar-refractivity contribution in [2.45, 2.75) is 6.92 Å². The number of rotatable bonds is 3. The zero-order valence-corrected chi connectivity index (χ0v) is 15.5. The first kappa shape index (κ1) is 17.2. The van der Waals surface area contributed by atoms with E-state index in [1.54, 1.807) is 35.1 Å². The van der Waals surface area contributed by atoms with E-state index < -0.39 is 0 Å². The van der Waals surface area contributed by atoms with Crippen LogP contribution in [-0.4, -0.2) is 24.7 Å². The molecule has 1 N–H and O–H groups in total. The number of halogens is 2. The lowest BCUT2D eigenvalue weighted by Crippen LogP contribution is -1.98. The predicted molar refractivity (Wildman–Crippen MR) is 104 cm³/mol. The number of fused-ring (bicyclic) bond motifs is 1. The molecule has 4 aromatic rings. The summed E-state index contributed by atoms with van der Waals surface area (Å²) in [6, 6.07) is 9.10. The molecule has 0 saturated carbocycles. The van der Waals surface area contributed by atoms with E-state index in [4.69, 9.17) is 23.2 Å². The van der Waals surface area contributed by atoms with Crippen molar-refractivity contribution in [1.82, 2.24) is 24.7 Å². The van der Waals surface area contributed by atoms with Crippen LogP contribution in [0, 0.1) is 18.3 Å². The second-order valence-electron chi connectivity index (χ2n) is 5.71. The molecule has 27 heavy (non-hydrogen) atoms. The minimum absolute atomic E-state index is 0.344. The van der Waals surface area contributed by atoms with Crippen LogP contribution in [0.2, 0.25) is 10.0 Å². The first-order valence-corrected chi connectivity index (χ1v) is 8.61. The monoisotopic (exact) mass is 395 g/mol. The third-order valence-corrected chi connectivity index (χ3v) is 4.49. The number of aromatic nitrogens is 5. The van der Waals surface area contributed by atoms with E-state index >= 15 is 0 Å². The van der Waals surface area contributed by atoms with Crippen molar-refractivity contribution in [3.05, 3.63) is 64.3 Å². The fraction of sp³-hybridized carbons (Fsp3) is 0.0556. The third kappa shape index (κ3) is 3.16. The highest BCUT2D eigenvalue weighted by Crippen LogP contribution is 2.32. The van der Waals surface area contributed by atoms with Gasteiger partial charge in [-0.3, -0.25) is 0 Å². The second kappa shape index (κ2) is 6.83. The van der Waals surface area contributed by atoms with Crippen LogP contribution in [0.1, 0.15) is 11.3 Å². The number of nitrogens with zero attached hydrogens (tertiary/aromatic N) is 6. The molecule has 0 fully saturated rings. The minimum Gasteiger partial charge on any atom is -0.324 e. The van der Waals surface area contributed by atoms with E-state index in [1.165, 1.54) is 12.5 Å². The lowest BCUT2D eigenvalue weighted by Gasteiger charge is -2.06. The normalized spacial score (nSPS) is 10.7. The lowest BCUT2D eigenvalue weighted by atomic mass is 10.2. The summed E-state index contributed by atoms with van der Waals surface area (Å²) in [5.74, 6) is 1.10. The van der Waals surface area contributed by atoms with Crippen LogP contribution in [-0.2, 0) is 0 Å². The topological polar surface area (TPSA) is 92.3 Å². The van der Waals surface area contributed by atoms with Crippen LogP contribution in [0.5, 0.6) is 0 Å². The Morgan fingerprint density at radius 3 is 2.63 bits per heavy atom. The Hall–Kier alpha value is -3.21. The van der Waals surface area contributed by atoms with Crippen molar-refractivity contribution in [3.8, 4) is 11.8 Å². The highest BCUT2D eigenvalue weighted by Gasteiger charge is 2.16. The molecule has 0 unspecified atom stereocenters. The smallest absolute Gasteiger partial charge is 0.142 e. The maximum Gasteiger partial charge on any atom is 0.142 e. The van der Waals surface area contributed by atoms with Crippen molar-refractivity contribution in [1.29, 1.82) is 5.26 Å². The molecule has 3 heterocycles. The van der Waals surface area contributed by atoms with Gasteiger partial charge in [-0.1, -0.05) is 29.3 Å². The van der Waals surface area contributed by atoms with E-state index in [-0.39, 0.29) is 0 Å². The van der Waals surface area contributed by atoms with E-state index in [0.29, 0.717) is 43.8 Å². The largest absolute Gasteiger partial charge is 0.324 e. The Bertz CT molecular complexity index is 1190. The van der Waals surface area contributed by atoms with Gasteiger partial charge in [0, 0.05) is 24.2 Å². The average molecular weight is 396 g/mol. The van der Waals surface area contributed by atoms with Crippen molar-refractivity contribution >= 4 is 45.7 Å². The molecule has 0 amide bonds. The first-order valence-electron chi connectivity index (χ1n) is 7.85. The number of nitriles is 1. The van der Waals surface area contributed by atoms with Gasteiger partial charge in [-0.25, -0.2) is 19.6 Å². The fourth-order valence-corrected chi connectivity index (χ4v) is 3.22. The Morgan fingerprint density at radius 1 is 1.15 bits per heavy atom. The van der Waals surface area contributed by atoms with Crippen molar-refractivity contribution in [2.75, 3.05) is 5.32 Å². The number of anilines is 2. The number of aryl methyl sites for hydroxylation is 1. The molecule has 0 aliphatic carbocycles. The molecule has 3 aromatic heterocycles. The highest BCUT2D eigenvalue weighted by atomic mass is 35.5. The van der Waals surface area contributed by atoms with Crippen LogP contribution in [0.4, 0.5) is 11.6 Å². The van der Waals surface area contributed by atoms with E-state index in [2.05, 4.69) is 31.4 Å². The molecule has 7 nitrogen and oxygen atoms in total. The van der Waals surface area contributed by atoms with Gasteiger partial charge in [0.05, 0.1) is 21.0 Å². The van der Waals surface area contributed by atoms with E-state index in [1.807, 2.05) is 6.92 Å². The molecule has 0 aliphatic heterocycles. The molecular weight excluding hydrogens is 385 g/mol. The molecule has 9 heteroatoms. The van der Waals surface area contributed by atoms with Gasteiger partial charge in [0.2, 0.25) is 0 Å². The summed E-state index contributed by atoms with van der Waals surface area (Å²) < 4.78 is 1.55. The number of nitrogens with one attached hydrogen (secondary N) is 1. The molecular formula is C18H11Cl2N7.